The van der Waals surface area contributed by atoms with Crippen LogP contribution in [0.3, 0.4) is 0 Å². The summed E-state index contributed by atoms with van der Waals surface area (Å²) in [5, 5.41) is 14.4. The molecule has 0 radical (unpaired) electrons. The quantitative estimate of drug-likeness (QED) is 0.771. The van der Waals surface area contributed by atoms with Gasteiger partial charge in [-0.1, -0.05) is 17.7 Å². The highest BCUT2D eigenvalue weighted by atomic mass is 16.1. The van der Waals surface area contributed by atoms with Crippen molar-refractivity contribution in [3.8, 4) is 5.69 Å². The molecule has 7 heteroatoms. The third kappa shape index (κ3) is 3.81. The Bertz CT molecular complexity index is 931. The number of tetrazole rings is 1. The molecule has 3 aromatic rings. The molecule has 1 aliphatic heterocycles. The molecule has 2 aromatic carbocycles. The van der Waals surface area contributed by atoms with E-state index in [1.54, 1.807) is 11.0 Å². The van der Waals surface area contributed by atoms with Gasteiger partial charge in [0.2, 0.25) is 0 Å². The molecule has 1 saturated heterocycles. The molecule has 4 rings (SSSR count). The van der Waals surface area contributed by atoms with Crippen LogP contribution in [0.25, 0.3) is 5.69 Å². The molecule has 0 atom stereocenters. The number of anilines is 2. The van der Waals surface area contributed by atoms with Gasteiger partial charge in [0.05, 0.1) is 17.1 Å². The van der Waals surface area contributed by atoms with Crippen molar-refractivity contribution in [2.75, 3.05) is 23.3 Å². The number of rotatable bonds is 4. The monoisotopic (exact) mass is 362 g/mol. The number of amides is 1. The molecule has 1 aliphatic rings. The van der Waals surface area contributed by atoms with Crippen LogP contribution >= 0.6 is 0 Å². The SMILES string of the molecule is Cc1cccc(C(=O)Nc2cc(-n3cnnn3)ccc2N2CCCCC2)c1. The first-order valence-electron chi connectivity index (χ1n) is 9.21. The minimum Gasteiger partial charge on any atom is -0.370 e. The molecule has 1 amide bonds. The van der Waals surface area contributed by atoms with E-state index in [1.165, 1.54) is 19.3 Å². The Hall–Kier alpha value is -3.22. The van der Waals surface area contributed by atoms with Crippen molar-refractivity contribution in [1.82, 2.24) is 20.2 Å². The highest BCUT2D eigenvalue weighted by Gasteiger charge is 2.17. The number of nitrogens with one attached hydrogen (secondary N) is 1. The van der Waals surface area contributed by atoms with E-state index in [0.29, 0.717) is 5.56 Å². The van der Waals surface area contributed by atoms with E-state index in [2.05, 4.69) is 25.7 Å². The highest BCUT2D eigenvalue weighted by Crippen LogP contribution is 2.31. The lowest BCUT2D eigenvalue weighted by molar-refractivity contribution is 0.102. The van der Waals surface area contributed by atoms with E-state index in [9.17, 15) is 4.79 Å². The van der Waals surface area contributed by atoms with Gasteiger partial charge in [0.15, 0.2) is 0 Å². The third-order valence-electron chi connectivity index (χ3n) is 4.82. The Morgan fingerprint density at radius 1 is 1.07 bits per heavy atom. The lowest BCUT2D eigenvalue weighted by Crippen LogP contribution is -2.30. The fraction of sp³-hybridized carbons (Fsp3) is 0.300. The van der Waals surface area contributed by atoms with E-state index >= 15 is 0 Å². The Morgan fingerprint density at radius 2 is 1.93 bits per heavy atom. The normalized spacial score (nSPS) is 14.2. The molecule has 1 fully saturated rings. The second kappa shape index (κ2) is 7.57. The molecule has 7 nitrogen and oxygen atoms in total. The van der Waals surface area contributed by atoms with Crippen molar-refractivity contribution >= 4 is 17.3 Å². The molecule has 0 unspecified atom stereocenters. The maximum atomic E-state index is 12.8. The summed E-state index contributed by atoms with van der Waals surface area (Å²) in [5.41, 5.74) is 4.32. The van der Waals surface area contributed by atoms with E-state index in [0.717, 1.165) is 35.7 Å². The van der Waals surface area contributed by atoms with Gasteiger partial charge in [0.1, 0.15) is 6.33 Å². The number of benzene rings is 2. The van der Waals surface area contributed by atoms with E-state index in [-0.39, 0.29) is 5.91 Å². The number of carbonyl (C=O) groups excluding carboxylic acids is 1. The zero-order valence-corrected chi connectivity index (χ0v) is 15.3. The third-order valence-corrected chi connectivity index (χ3v) is 4.82. The van der Waals surface area contributed by atoms with Crippen LogP contribution in [0.2, 0.25) is 0 Å². The van der Waals surface area contributed by atoms with Crippen LogP contribution in [-0.2, 0) is 0 Å². The molecule has 0 spiro atoms. The Morgan fingerprint density at radius 3 is 2.67 bits per heavy atom. The van der Waals surface area contributed by atoms with Crippen LogP contribution in [0.15, 0.2) is 48.8 Å². The van der Waals surface area contributed by atoms with Crippen molar-refractivity contribution in [2.45, 2.75) is 26.2 Å². The summed E-state index contributed by atoms with van der Waals surface area (Å²) >= 11 is 0. The Labute approximate surface area is 158 Å². The molecule has 1 aromatic heterocycles. The van der Waals surface area contributed by atoms with Crippen LogP contribution in [0.5, 0.6) is 0 Å². The first-order valence-corrected chi connectivity index (χ1v) is 9.21. The number of aryl methyl sites for hydroxylation is 1. The molecule has 0 saturated carbocycles. The molecule has 1 N–H and O–H groups in total. The van der Waals surface area contributed by atoms with Gasteiger partial charge < -0.3 is 10.2 Å². The van der Waals surface area contributed by atoms with Crippen LogP contribution in [0, 0.1) is 6.92 Å². The van der Waals surface area contributed by atoms with Gasteiger partial charge >= 0.3 is 0 Å². The first kappa shape index (κ1) is 17.2. The topological polar surface area (TPSA) is 75.9 Å². The first-order chi connectivity index (χ1) is 13.2. The number of hydrogen-bond acceptors (Lipinski definition) is 5. The Kier molecular flexibility index (Phi) is 4.82. The van der Waals surface area contributed by atoms with E-state index in [1.807, 2.05) is 49.4 Å². The number of nitrogens with zero attached hydrogens (tertiary/aromatic N) is 5. The molecular formula is C20H22N6O. The lowest BCUT2D eigenvalue weighted by atomic mass is 10.1. The molecule has 0 aliphatic carbocycles. The fourth-order valence-corrected chi connectivity index (χ4v) is 3.44. The van der Waals surface area contributed by atoms with Gasteiger partial charge in [0, 0.05) is 18.7 Å². The second-order valence-electron chi connectivity index (χ2n) is 6.83. The predicted molar refractivity (Wildman–Crippen MR) is 104 cm³/mol. The van der Waals surface area contributed by atoms with Crippen molar-refractivity contribution in [1.29, 1.82) is 0 Å². The average Bonchev–Trinajstić information content (AvgIpc) is 3.23. The van der Waals surface area contributed by atoms with Crippen LogP contribution < -0.4 is 10.2 Å². The lowest BCUT2D eigenvalue weighted by Gasteiger charge is -2.30. The number of carbonyl (C=O) groups is 1. The van der Waals surface area contributed by atoms with Crippen LogP contribution in [0.4, 0.5) is 11.4 Å². The molecule has 138 valence electrons. The van der Waals surface area contributed by atoms with Crippen molar-refractivity contribution in [3.63, 3.8) is 0 Å². The maximum Gasteiger partial charge on any atom is 0.255 e. The van der Waals surface area contributed by atoms with Gasteiger partial charge in [-0.2, -0.15) is 0 Å². The summed E-state index contributed by atoms with van der Waals surface area (Å²) < 4.78 is 1.59. The summed E-state index contributed by atoms with van der Waals surface area (Å²) in [6, 6.07) is 13.5. The second-order valence-corrected chi connectivity index (χ2v) is 6.83. The van der Waals surface area contributed by atoms with Crippen LogP contribution in [0.1, 0.15) is 35.2 Å². The number of piperidine rings is 1. The minimum atomic E-state index is -0.120. The maximum absolute atomic E-state index is 12.8. The number of hydrogen-bond donors (Lipinski definition) is 1. The Balaban J connectivity index is 1.68. The summed E-state index contributed by atoms with van der Waals surface area (Å²) in [5.74, 6) is -0.120. The summed E-state index contributed by atoms with van der Waals surface area (Å²) in [6.07, 6.45) is 5.13. The molecule has 2 heterocycles. The minimum absolute atomic E-state index is 0.120. The van der Waals surface area contributed by atoms with Crippen molar-refractivity contribution in [2.24, 2.45) is 0 Å². The van der Waals surface area contributed by atoms with Gasteiger partial charge in [-0.3, -0.25) is 4.79 Å². The van der Waals surface area contributed by atoms with E-state index in [4.69, 9.17) is 0 Å². The van der Waals surface area contributed by atoms with Gasteiger partial charge in [-0.15, -0.1) is 5.10 Å². The van der Waals surface area contributed by atoms with Crippen LogP contribution in [-0.4, -0.2) is 39.2 Å². The van der Waals surface area contributed by atoms with Gasteiger partial charge in [0.25, 0.3) is 5.91 Å². The molecular weight excluding hydrogens is 340 g/mol. The highest BCUT2D eigenvalue weighted by molar-refractivity contribution is 6.06. The zero-order chi connectivity index (χ0) is 18.6. The number of aromatic nitrogens is 4. The average molecular weight is 362 g/mol. The zero-order valence-electron chi connectivity index (χ0n) is 15.3. The van der Waals surface area contributed by atoms with Gasteiger partial charge in [-0.05, 0) is 66.9 Å². The largest absolute Gasteiger partial charge is 0.370 e. The fourth-order valence-electron chi connectivity index (χ4n) is 3.44. The van der Waals surface area contributed by atoms with Gasteiger partial charge in [-0.25, -0.2) is 4.68 Å². The summed E-state index contributed by atoms with van der Waals surface area (Å²) in [6.45, 7) is 3.98. The molecule has 27 heavy (non-hydrogen) atoms. The summed E-state index contributed by atoms with van der Waals surface area (Å²) in [4.78, 5) is 15.2. The smallest absolute Gasteiger partial charge is 0.255 e. The van der Waals surface area contributed by atoms with E-state index < -0.39 is 0 Å². The predicted octanol–water partition coefficient (Wildman–Crippen LogP) is 3.21. The standard InChI is InChI=1S/C20H22N6O/c1-15-6-5-7-16(12-15)20(27)22-18-13-17(26-14-21-23-24-26)8-9-19(18)25-10-3-2-4-11-25/h5-9,12-14H,2-4,10-11H2,1H3,(H,22,27). The van der Waals surface area contributed by atoms with Crippen molar-refractivity contribution in [3.05, 3.63) is 59.9 Å². The van der Waals surface area contributed by atoms with Crippen molar-refractivity contribution < 1.29 is 4.79 Å². The molecule has 0 bridgehead atoms. The summed E-state index contributed by atoms with van der Waals surface area (Å²) in [7, 11) is 0.